The van der Waals surface area contributed by atoms with Crippen LogP contribution in [-0.4, -0.2) is 23.7 Å². The van der Waals surface area contributed by atoms with E-state index in [1.807, 2.05) is 6.92 Å². The highest BCUT2D eigenvalue weighted by molar-refractivity contribution is 6.30. The van der Waals surface area contributed by atoms with Crippen LogP contribution in [0.5, 0.6) is 0 Å². The van der Waals surface area contributed by atoms with Crippen molar-refractivity contribution in [2.24, 2.45) is 5.16 Å². The number of halogens is 1. The van der Waals surface area contributed by atoms with Gasteiger partial charge in [-0.05, 0) is 36.8 Å². The van der Waals surface area contributed by atoms with Gasteiger partial charge in [0.15, 0.2) is 6.61 Å². The number of nitro groups is 1. The first kappa shape index (κ1) is 17.4. The van der Waals surface area contributed by atoms with Crippen molar-refractivity contribution in [3.05, 3.63) is 68.7 Å². The van der Waals surface area contributed by atoms with Gasteiger partial charge in [-0.3, -0.25) is 14.9 Å². The highest BCUT2D eigenvalue weighted by atomic mass is 35.5. The first-order valence-electron chi connectivity index (χ1n) is 6.92. The topological polar surface area (TPSA) is 93.8 Å². The van der Waals surface area contributed by atoms with Gasteiger partial charge >= 0.3 is 0 Å². The summed E-state index contributed by atoms with van der Waals surface area (Å²) in [5.41, 5.74) is 1.64. The minimum absolute atomic E-state index is 0.0916. The zero-order valence-electron chi connectivity index (χ0n) is 12.7. The number of rotatable bonds is 6. The standard InChI is InChI=1S/C16H14ClN3O4/c1-11-8-13(17)6-7-14(11)19-16(21)10-24-18-9-12-4-2-3-5-15(12)20(22)23/h2-9H,10H2,1H3,(H,19,21)/b18-9+. The Morgan fingerprint density at radius 1 is 1.38 bits per heavy atom. The maximum absolute atomic E-state index is 11.8. The monoisotopic (exact) mass is 347 g/mol. The number of nitrogens with one attached hydrogen (secondary N) is 1. The number of benzene rings is 2. The zero-order chi connectivity index (χ0) is 17.5. The fraction of sp³-hybridized carbons (Fsp3) is 0.125. The number of carbonyl (C=O) groups is 1. The second-order valence-electron chi connectivity index (χ2n) is 4.83. The van der Waals surface area contributed by atoms with E-state index in [4.69, 9.17) is 16.4 Å². The lowest BCUT2D eigenvalue weighted by molar-refractivity contribution is -0.385. The molecule has 2 aromatic rings. The predicted octanol–water partition coefficient (Wildman–Crippen LogP) is 3.55. The van der Waals surface area contributed by atoms with Crippen molar-refractivity contribution in [1.29, 1.82) is 0 Å². The van der Waals surface area contributed by atoms with E-state index >= 15 is 0 Å². The Morgan fingerprint density at radius 2 is 2.12 bits per heavy atom. The van der Waals surface area contributed by atoms with E-state index in [-0.39, 0.29) is 17.9 Å². The zero-order valence-corrected chi connectivity index (χ0v) is 13.5. The molecule has 0 aliphatic carbocycles. The molecule has 0 spiro atoms. The summed E-state index contributed by atoms with van der Waals surface area (Å²) in [4.78, 5) is 27.0. The van der Waals surface area contributed by atoms with Crippen LogP contribution in [0.25, 0.3) is 0 Å². The quantitative estimate of drug-likeness (QED) is 0.491. The van der Waals surface area contributed by atoms with Gasteiger partial charge in [-0.15, -0.1) is 0 Å². The predicted molar refractivity (Wildman–Crippen MR) is 91.5 cm³/mol. The van der Waals surface area contributed by atoms with Crippen molar-refractivity contribution in [3.8, 4) is 0 Å². The number of aryl methyl sites for hydroxylation is 1. The van der Waals surface area contributed by atoms with Crippen LogP contribution in [0, 0.1) is 17.0 Å². The molecule has 124 valence electrons. The minimum atomic E-state index is -0.516. The van der Waals surface area contributed by atoms with E-state index < -0.39 is 10.8 Å². The van der Waals surface area contributed by atoms with Crippen LogP contribution in [0.4, 0.5) is 11.4 Å². The molecule has 2 aromatic carbocycles. The van der Waals surface area contributed by atoms with Crippen molar-refractivity contribution in [2.75, 3.05) is 11.9 Å². The van der Waals surface area contributed by atoms with Gasteiger partial charge in [-0.25, -0.2) is 0 Å². The van der Waals surface area contributed by atoms with E-state index in [1.54, 1.807) is 30.3 Å². The number of oxime groups is 1. The summed E-state index contributed by atoms with van der Waals surface area (Å²) in [6.07, 6.45) is 1.19. The molecule has 24 heavy (non-hydrogen) atoms. The van der Waals surface area contributed by atoms with Crippen molar-refractivity contribution < 1.29 is 14.6 Å². The third-order valence-corrected chi connectivity index (χ3v) is 3.29. The molecule has 0 aliphatic rings. The lowest BCUT2D eigenvalue weighted by Crippen LogP contribution is -2.17. The maximum Gasteiger partial charge on any atom is 0.278 e. The SMILES string of the molecule is Cc1cc(Cl)ccc1NC(=O)CO/N=C/c1ccccc1[N+](=O)[O-]. The minimum Gasteiger partial charge on any atom is -0.386 e. The number of hydrogen-bond donors (Lipinski definition) is 1. The van der Waals surface area contributed by atoms with Crippen LogP contribution >= 0.6 is 11.6 Å². The molecular weight excluding hydrogens is 334 g/mol. The number of anilines is 1. The highest BCUT2D eigenvalue weighted by Gasteiger charge is 2.10. The average Bonchev–Trinajstić information content (AvgIpc) is 2.54. The second kappa shape index (κ2) is 8.07. The van der Waals surface area contributed by atoms with Crippen molar-refractivity contribution in [3.63, 3.8) is 0 Å². The molecule has 8 heteroatoms. The molecule has 0 heterocycles. The Balaban J connectivity index is 1.90. The fourth-order valence-corrected chi connectivity index (χ4v) is 2.13. The number of nitrogens with zero attached hydrogens (tertiary/aromatic N) is 2. The lowest BCUT2D eigenvalue weighted by Gasteiger charge is -2.07. The Labute approximate surface area is 143 Å². The first-order valence-corrected chi connectivity index (χ1v) is 7.30. The van der Waals surface area contributed by atoms with Crippen LogP contribution in [0.2, 0.25) is 5.02 Å². The van der Waals surface area contributed by atoms with Gasteiger partial charge < -0.3 is 10.2 Å². The van der Waals surface area contributed by atoms with E-state index in [2.05, 4.69) is 10.5 Å². The molecule has 0 unspecified atom stereocenters. The molecule has 2 rings (SSSR count). The van der Waals surface area contributed by atoms with E-state index in [9.17, 15) is 14.9 Å². The van der Waals surface area contributed by atoms with Gasteiger partial charge in [0.2, 0.25) is 0 Å². The number of para-hydroxylation sites is 1. The molecule has 7 nitrogen and oxygen atoms in total. The van der Waals surface area contributed by atoms with E-state index in [0.717, 1.165) is 5.56 Å². The van der Waals surface area contributed by atoms with Gasteiger partial charge in [0, 0.05) is 16.8 Å². The molecule has 0 bridgehead atoms. The third-order valence-electron chi connectivity index (χ3n) is 3.06. The molecule has 0 aromatic heterocycles. The third kappa shape index (κ3) is 4.79. The van der Waals surface area contributed by atoms with Crippen LogP contribution in [0.1, 0.15) is 11.1 Å². The van der Waals surface area contributed by atoms with Crippen molar-refractivity contribution in [2.45, 2.75) is 6.92 Å². The van der Waals surface area contributed by atoms with Crippen molar-refractivity contribution in [1.82, 2.24) is 0 Å². The van der Waals surface area contributed by atoms with Crippen LogP contribution in [-0.2, 0) is 9.63 Å². The summed E-state index contributed by atoms with van der Waals surface area (Å²) in [5.74, 6) is -0.403. The second-order valence-corrected chi connectivity index (χ2v) is 5.27. The van der Waals surface area contributed by atoms with Gasteiger partial charge in [-0.2, -0.15) is 0 Å². The van der Waals surface area contributed by atoms with Gasteiger partial charge in [-0.1, -0.05) is 28.9 Å². The van der Waals surface area contributed by atoms with Crippen LogP contribution in [0.15, 0.2) is 47.6 Å². The highest BCUT2D eigenvalue weighted by Crippen LogP contribution is 2.19. The maximum atomic E-state index is 11.8. The van der Waals surface area contributed by atoms with Crippen LogP contribution in [0.3, 0.4) is 0 Å². The summed E-state index contributed by atoms with van der Waals surface area (Å²) < 4.78 is 0. The smallest absolute Gasteiger partial charge is 0.278 e. The average molecular weight is 348 g/mol. The summed E-state index contributed by atoms with van der Waals surface area (Å²) in [6, 6.07) is 11.2. The Hall–Kier alpha value is -2.93. The Bertz CT molecular complexity index is 793. The summed E-state index contributed by atoms with van der Waals surface area (Å²) in [5, 5.41) is 17.7. The number of carbonyl (C=O) groups excluding carboxylic acids is 1. The lowest BCUT2D eigenvalue weighted by atomic mass is 10.2. The van der Waals surface area contributed by atoms with E-state index in [1.165, 1.54) is 18.3 Å². The molecule has 0 radical (unpaired) electrons. The number of nitro benzene ring substituents is 1. The summed E-state index contributed by atoms with van der Waals surface area (Å²) in [7, 11) is 0. The summed E-state index contributed by atoms with van der Waals surface area (Å²) in [6.45, 7) is 1.49. The van der Waals surface area contributed by atoms with Crippen molar-refractivity contribution >= 4 is 35.1 Å². The van der Waals surface area contributed by atoms with Gasteiger partial charge in [0.25, 0.3) is 11.6 Å². The molecule has 0 saturated heterocycles. The number of hydrogen-bond acceptors (Lipinski definition) is 5. The summed E-state index contributed by atoms with van der Waals surface area (Å²) >= 11 is 5.84. The molecule has 0 saturated carbocycles. The Morgan fingerprint density at radius 3 is 2.83 bits per heavy atom. The molecule has 1 amide bonds. The largest absolute Gasteiger partial charge is 0.386 e. The first-order chi connectivity index (χ1) is 11.5. The van der Waals surface area contributed by atoms with Crippen LogP contribution < -0.4 is 5.32 Å². The molecule has 1 N–H and O–H groups in total. The molecular formula is C16H14ClN3O4. The Kier molecular flexibility index (Phi) is 5.86. The normalized spacial score (nSPS) is 10.6. The molecule has 0 atom stereocenters. The van der Waals surface area contributed by atoms with Gasteiger partial charge in [0.1, 0.15) is 0 Å². The fourth-order valence-electron chi connectivity index (χ4n) is 1.91. The molecule has 0 fully saturated rings. The molecule has 0 aliphatic heterocycles. The number of amides is 1. The van der Waals surface area contributed by atoms with Gasteiger partial charge in [0.05, 0.1) is 16.7 Å². The van der Waals surface area contributed by atoms with E-state index in [0.29, 0.717) is 10.7 Å².